The summed E-state index contributed by atoms with van der Waals surface area (Å²) in [4.78, 5) is 30.1. The highest BCUT2D eigenvalue weighted by Crippen LogP contribution is 2.27. The molecule has 2 aromatic heterocycles. The maximum absolute atomic E-state index is 12.6. The fourth-order valence-corrected chi connectivity index (χ4v) is 3.47. The average molecular weight is 327 g/mol. The number of carbonyl (C=O) groups is 1. The van der Waals surface area contributed by atoms with E-state index in [1.807, 2.05) is 32.0 Å². The molecule has 23 heavy (non-hydrogen) atoms. The Hall–Kier alpha value is -2.47. The van der Waals surface area contributed by atoms with Gasteiger partial charge in [0, 0.05) is 12.7 Å². The molecule has 0 atom stereocenters. The van der Waals surface area contributed by atoms with Gasteiger partial charge < -0.3 is 9.88 Å². The molecule has 0 bridgehead atoms. The van der Waals surface area contributed by atoms with Crippen molar-refractivity contribution in [1.29, 1.82) is 0 Å². The minimum Gasteiger partial charge on any atom is -0.321 e. The van der Waals surface area contributed by atoms with Crippen molar-refractivity contribution in [2.45, 2.75) is 20.8 Å². The highest BCUT2D eigenvalue weighted by molar-refractivity contribution is 7.20. The monoisotopic (exact) mass is 327 g/mol. The minimum absolute atomic E-state index is 0.131. The first kappa shape index (κ1) is 15.4. The van der Waals surface area contributed by atoms with Gasteiger partial charge in [0.1, 0.15) is 4.83 Å². The number of hydrogen-bond donors (Lipinski definition) is 1. The summed E-state index contributed by atoms with van der Waals surface area (Å²) in [5, 5.41) is 3.42. The van der Waals surface area contributed by atoms with Crippen molar-refractivity contribution in [3.8, 4) is 0 Å². The Balaban J connectivity index is 2.01. The van der Waals surface area contributed by atoms with Crippen molar-refractivity contribution in [3.63, 3.8) is 0 Å². The Bertz CT molecular complexity index is 985. The van der Waals surface area contributed by atoms with E-state index in [0.717, 1.165) is 11.3 Å². The maximum atomic E-state index is 12.6. The zero-order valence-corrected chi connectivity index (χ0v) is 14.2. The summed E-state index contributed by atoms with van der Waals surface area (Å²) in [5.74, 6) is -0.212. The molecule has 5 nitrogen and oxygen atoms in total. The molecule has 0 saturated heterocycles. The second-order valence-corrected chi connectivity index (χ2v) is 6.65. The normalized spacial score (nSPS) is 11.0. The van der Waals surface area contributed by atoms with Crippen LogP contribution in [0.5, 0.6) is 0 Å². The van der Waals surface area contributed by atoms with E-state index in [-0.39, 0.29) is 11.5 Å². The van der Waals surface area contributed by atoms with Gasteiger partial charge in [-0.15, -0.1) is 11.3 Å². The van der Waals surface area contributed by atoms with Crippen LogP contribution in [0.25, 0.3) is 10.2 Å². The predicted octanol–water partition coefficient (Wildman–Crippen LogP) is 3.17. The second kappa shape index (κ2) is 5.62. The lowest BCUT2D eigenvalue weighted by atomic mass is 10.1. The van der Waals surface area contributed by atoms with Crippen molar-refractivity contribution in [1.82, 2.24) is 9.55 Å². The van der Waals surface area contributed by atoms with Crippen LogP contribution >= 0.6 is 11.3 Å². The fourth-order valence-electron chi connectivity index (χ4n) is 2.43. The third kappa shape index (κ3) is 2.66. The zero-order valence-electron chi connectivity index (χ0n) is 13.4. The maximum Gasteiger partial charge on any atom is 0.266 e. The lowest BCUT2D eigenvalue weighted by Crippen LogP contribution is -2.17. The number of thiophene rings is 1. The largest absolute Gasteiger partial charge is 0.321 e. The molecule has 0 saturated carbocycles. The molecule has 2 heterocycles. The summed E-state index contributed by atoms with van der Waals surface area (Å²) in [6.45, 7) is 5.82. The molecule has 118 valence electrons. The van der Waals surface area contributed by atoms with Crippen molar-refractivity contribution >= 4 is 33.1 Å². The van der Waals surface area contributed by atoms with Gasteiger partial charge >= 0.3 is 0 Å². The lowest BCUT2D eigenvalue weighted by molar-refractivity contribution is 0.103. The van der Waals surface area contributed by atoms with E-state index in [1.54, 1.807) is 14.0 Å². The van der Waals surface area contributed by atoms with Gasteiger partial charge in [-0.1, -0.05) is 6.07 Å². The third-order valence-electron chi connectivity index (χ3n) is 3.98. The summed E-state index contributed by atoms with van der Waals surface area (Å²) in [6, 6.07) is 5.79. The van der Waals surface area contributed by atoms with Crippen LogP contribution in [-0.2, 0) is 7.05 Å². The second-order valence-electron chi connectivity index (χ2n) is 5.65. The van der Waals surface area contributed by atoms with Gasteiger partial charge in [-0.3, -0.25) is 9.59 Å². The van der Waals surface area contributed by atoms with Crippen molar-refractivity contribution in [2.75, 3.05) is 5.32 Å². The van der Waals surface area contributed by atoms with Gasteiger partial charge in [0.25, 0.3) is 11.5 Å². The van der Waals surface area contributed by atoms with Crippen LogP contribution < -0.4 is 10.9 Å². The first-order chi connectivity index (χ1) is 10.9. The molecule has 0 aliphatic heterocycles. The summed E-state index contributed by atoms with van der Waals surface area (Å²) in [5.41, 5.74) is 3.59. The first-order valence-electron chi connectivity index (χ1n) is 7.22. The Morgan fingerprint density at radius 3 is 2.65 bits per heavy atom. The number of hydrogen-bond acceptors (Lipinski definition) is 4. The third-order valence-corrected chi connectivity index (χ3v) is 5.18. The van der Waals surface area contributed by atoms with E-state index < -0.39 is 0 Å². The fraction of sp³-hybridized carbons (Fsp3) is 0.235. The number of aromatic nitrogens is 2. The number of anilines is 1. The van der Waals surface area contributed by atoms with Gasteiger partial charge in [-0.2, -0.15) is 0 Å². The van der Waals surface area contributed by atoms with Gasteiger partial charge in [0.05, 0.1) is 16.6 Å². The molecule has 0 spiro atoms. The van der Waals surface area contributed by atoms with Crippen molar-refractivity contribution < 1.29 is 4.79 Å². The highest BCUT2D eigenvalue weighted by Gasteiger charge is 2.19. The molecule has 3 rings (SSSR count). The van der Waals surface area contributed by atoms with Crippen LogP contribution in [0.1, 0.15) is 26.4 Å². The zero-order chi connectivity index (χ0) is 16.7. The number of rotatable bonds is 2. The topological polar surface area (TPSA) is 64.0 Å². The van der Waals surface area contributed by atoms with Gasteiger partial charge in [0.2, 0.25) is 0 Å². The molecular formula is C17H17N3O2S. The average Bonchev–Trinajstić information content (AvgIpc) is 2.84. The molecule has 0 unspecified atom stereocenters. The van der Waals surface area contributed by atoms with Crippen LogP contribution in [0.3, 0.4) is 0 Å². The van der Waals surface area contributed by atoms with E-state index in [4.69, 9.17) is 0 Å². The van der Waals surface area contributed by atoms with Crippen LogP contribution in [0, 0.1) is 20.8 Å². The molecule has 0 fully saturated rings. The number of carbonyl (C=O) groups excluding carboxylic acids is 1. The predicted molar refractivity (Wildman–Crippen MR) is 93.5 cm³/mol. The molecule has 0 aliphatic rings. The molecule has 1 amide bonds. The lowest BCUT2D eigenvalue weighted by Gasteiger charge is -2.07. The molecule has 0 aliphatic carbocycles. The molecule has 6 heteroatoms. The quantitative estimate of drug-likeness (QED) is 0.786. The molecule has 1 aromatic carbocycles. The summed E-state index contributed by atoms with van der Waals surface area (Å²) >= 11 is 1.24. The van der Waals surface area contributed by atoms with E-state index >= 15 is 0 Å². The van der Waals surface area contributed by atoms with E-state index in [1.165, 1.54) is 27.8 Å². The van der Waals surface area contributed by atoms with E-state index in [9.17, 15) is 9.59 Å². The van der Waals surface area contributed by atoms with Crippen LogP contribution in [0.15, 0.2) is 29.3 Å². The molecule has 0 radical (unpaired) electrons. The van der Waals surface area contributed by atoms with Crippen molar-refractivity contribution in [2.24, 2.45) is 7.05 Å². The van der Waals surface area contributed by atoms with E-state index in [2.05, 4.69) is 10.3 Å². The highest BCUT2D eigenvalue weighted by atomic mass is 32.1. The first-order valence-corrected chi connectivity index (χ1v) is 8.03. The molecule has 3 aromatic rings. The smallest absolute Gasteiger partial charge is 0.266 e. The Morgan fingerprint density at radius 2 is 1.96 bits per heavy atom. The van der Waals surface area contributed by atoms with Crippen LogP contribution in [-0.4, -0.2) is 15.5 Å². The Morgan fingerprint density at radius 1 is 1.22 bits per heavy atom. The van der Waals surface area contributed by atoms with E-state index in [0.29, 0.717) is 20.7 Å². The minimum atomic E-state index is -0.212. The van der Waals surface area contributed by atoms with Crippen molar-refractivity contribution in [3.05, 3.63) is 56.4 Å². The Kier molecular flexibility index (Phi) is 3.77. The number of nitrogens with zero attached hydrogens (tertiary/aromatic N) is 2. The Labute approximate surface area is 137 Å². The number of benzene rings is 1. The number of fused-ring (bicyclic) bond motifs is 1. The summed E-state index contributed by atoms with van der Waals surface area (Å²) in [6.07, 6.45) is 1.48. The number of aryl methyl sites for hydroxylation is 4. The van der Waals surface area contributed by atoms with Gasteiger partial charge in [-0.25, -0.2) is 4.98 Å². The molecule has 1 N–H and O–H groups in total. The number of amides is 1. The summed E-state index contributed by atoms with van der Waals surface area (Å²) < 4.78 is 1.42. The summed E-state index contributed by atoms with van der Waals surface area (Å²) in [7, 11) is 1.65. The van der Waals surface area contributed by atoms with Gasteiger partial charge in [-0.05, 0) is 49.6 Å². The standard InChI is InChI=1S/C17H17N3O2S/c1-9-5-6-12(7-10(9)2)19-15(21)14-11(3)13-16(23-14)18-8-20(4)17(13)22/h5-8H,1-4H3,(H,19,21). The van der Waals surface area contributed by atoms with Crippen LogP contribution in [0.4, 0.5) is 5.69 Å². The van der Waals surface area contributed by atoms with Gasteiger partial charge in [0.15, 0.2) is 0 Å². The number of nitrogens with one attached hydrogen (secondary N) is 1. The van der Waals surface area contributed by atoms with Crippen LogP contribution in [0.2, 0.25) is 0 Å². The SMILES string of the molecule is Cc1ccc(NC(=O)c2sc3ncn(C)c(=O)c3c2C)cc1C. The molecular weight excluding hydrogens is 310 g/mol.